The van der Waals surface area contributed by atoms with Crippen molar-refractivity contribution >= 4 is 40.0 Å². The molecule has 0 bridgehead atoms. The van der Waals surface area contributed by atoms with Gasteiger partial charge in [-0.15, -0.1) is 11.3 Å². The van der Waals surface area contributed by atoms with Crippen LogP contribution in [0.4, 0.5) is 0 Å². The molecule has 0 saturated carbocycles. The van der Waals surface area contributed by atoms with Crippen LogP contribution in [0, 0.1) is 5.41 Å². The minimum absolute atomic E-state index is 0.203. The van der Waals surface area contributed by atoms with E-state index in [9.17, 15) is 14.4 Å². The minimum Gasteiger partial charge on any atom is -0.466 e. The standard InChI is InChI=1S/C27H35N5O4S/c1-4-36-25(35)27(13-19-15-37-17-30-19)10-7-11-32(16-27)23(33)22(31-24(34)26(2,3)28)12-18-14-29-21-9-6-5-8-20(18)21/h5-6,8-9,14-15,17,22,29H,4,7,10-13,16,28H2,1-3H3,(H,31,34)/t22-,27+/m0/s1. The van der Waals surface area contributed by atoms with E-state index in [-0.39, 0.29) is 25.0 Å². The molecule has 1 aromatic carbocycles. The van der Waals surface area contributed by atoms with Gasteiger partial charge in [-0.1, -0.05) is 18.2 Å². The van der Waals surface area contributed by atoms with E-state index >= 15 is 0 Å². The van der Waals surface area contributed by atoms with Crippen LogP contribution in [-0.2, 0) is 32.0 Å². The number of H-pyrrole nitrogens is 1. The molecule has 0 unspecified atom stereocenters. The third kappa shape index (κ3) is 6.02. The van der Waals surface area contributed by atoms with Gasteiger partial charge in [0.05, 0.1) is 28.8 Å². The number of hydrogen-bond acceptors (Lipinski definition) is 7. The SMILES string of the molecule is CCOC(=O)[C@@]1(Cc2cscn2)CCCN(C(=O)[C@H](Cc2c[nH]c3ccccc23)NC(=O)C(C)(C)N)C1. The minimum atomic E-state index is -1.15. The van der Waals surface area contributed by atoms with Gasteiger partial charge in [0.2, 0.25) is 11.8 Å². The van der Waals surface area contributed by atoms with Crippen LogP contribution in [0.15, 0.2) is 41.4 Å². The molecule has 4 N–H and O–H groups in total. The first-order valence-electron chi connectivity index (χ1n) is 12.6. The summed E-state index contributed by atoms with van der Waals surface area (Å²) in [4.78, 5) is 49.4. The summed E-state index contributed by atoms with van der Waals surface area (Å²) in [7, 11) is 0. The van der Waals surface area contributed by atoms with E-state index in [4.69, 9.17) is 10.5 Å². The molecule has 3 heterocycles. The maximum Gasteiger partial charge on any atom is 0.314 e. The fourth-order valence-electron chi connectivity index (χ4n) is 4.94. The number of rotatable bonds is 9. The summed E-state index contributed by atoms with van der Waals surface area (Å²) in [6.07, 6.45) is 3.80. The molecule has 9 nitrogen and oxygen atoms in total. The summed E-state index contributed by atoms with van der Waals surface area (Å²) in [5.74, 6) is -0.975. The van der Waals surface area contributed by atoms with Crippen LogP contribution in [0.1, 0.15) is 44.9 Å². The number of nitrogens with one attached hydrogen (secondary N) is 2. The van der Waals surface area contributed by atoms with Crippen molar-refractivity contribution < 1.29 is 19.1 Å². The number of carbonyl (C=O) groups is 3. The van der Waals surface area contributed by atoms with Crippen molar-refractivity contribution in [3.8, 4) is 0 Å². The van der Waals surface area contributed by atoms with E-state index in [2.05, 4.69) is 15.3 Å². The largest absolute Gasteiger partial charge is 0.466 e. The molecule has 2 amide bonds. The van der Waals surface area contributed by atoms with E-state index < -0.39 is 22.9 Å². The van der Waals surface area contributed by atoms with Crippen LogP contribution in [0.2, 0.25) is 0 Å². The number of piperidine rings is 1. The van der Waals surface area contributed by atoms with Crippen LogP contribution in [0.3, 0.4) is 0 Å². The number of amides is 2. The first kappa shape index (κ1) is 26.8. The number of nitrogens with zero attached hydrogens (tertiary/aromatic N) is 2. The molecule has 0 spiro atoms. The molecule has 10 heteroatoms. The summed E-state index contributed by atoms with van der Waals surface area (Å²) >= 11 is 1.47. The second-order valence-corrected chi connectivity index (χ2v) is 11.1. The van der Waals surface area contributed by atoms with Crippen LogP contribution in [0.25, 0.3) is 10.9 Å². The number of carbonyl (C=O) groups excluding carboxylic acids is 3. The van der Waals surface area contributed by atoms with Crippen molar-refractivity contribution in [1.29, 1.82) is 0 Å². The summed E-state index contributed by atoms with van der Waals surface area (Å²) < 4.78 is 5.47. The first-order chi connectivity index (χ1) is 17.6. The molecule has 0 radical (unpaired) electrons. The van der Waals surface area contributed by atoms with Gasteiger partial charge >= 0.3 is 5.97 Å². The van der Waals surface area contributed by atoms with Gasteiger partial charge < -0.3 is 25.7 Å². The van der Waals surface area contributed by atoms with Gasteiger partial charge in [-0.05, 0) is 45.2 Å². The predicted molar refractivity (Wildman–Crippen MR) is 143 cm³/mol. The van der Waals surface area contributed by atoms with Gasteiger partial charge in [-0.3, -0.25) is 14.4 Å². The maximum absolute atomic E-state index is 14.0. The summed E-state index contributed by atoms with van der Waals surface area (Å²) in [5.41, 5.74) is 8.43. The van der Waals surface area contributed by atoms with Crippen molar-refractivity contribution in [2.75, 3.05) is 19.7 Å². The average molecular weight is 526 g/mol. The second kappa shape index (κ2) is 11.0. The van der Waals surface area contributed by atoms with E-state index in [1.165, 1.54) is 11.3 Å². The Morgan fingerprint density at radius 2 is 2.11 bits per heavy atom. The zero-order chi connectivity index (χ0) is 26.6. The Morgan fingerprint density at radius 3 is 2.81 bits per heavy atom. The molecule has 1 aliphatic heterocycles. The fraction of sp³-hybridized carbons (Fsp3) is 0.481. The lowest BCUT2D eigenvalue weighted by Gasteiger charge is -2.42. The summed E-state index contributed by atoms with van der Waals surface area (Å²) in [6.45, 7) is 5.95. The molecule has 1 fully saturated rings. The number of thiazole rings is 1. The molecule has 2 aromatic heterocycles. The number of aromatic nitrogens is 2. The molecule has 37 heavy (non-hydrogen) atoms. The molecule has 3 aromatic rings. The average Bonchev–Trinajstić information content (AvgIpc) is 3.53. The summed E-state index contributed by atoms with van der Waals surface area (Å²) in [5, 5.41) is 5.80. The van der Waals surface area contributed by atoms with Gasteiger partial charge in [-0.2, -0.15) is 0 Å². The normalized spacial score (nSPS) is 19.0. The Balaban J connectivity index is 1.62. The molecule has 198 valence electrons. The van der Waals surface area contributed by atoms with Gasteiger partial charge in [0.15, 0.2) is 0 Å². The Hall–Kier alpha value is -3.24. The van der Waals surface area contributed by atoms with Crippen LogP contribution in [0.5, 0.6) is 0 Å². The molecular formula is C27H35N5O4S. The highest BCUT2D eigenvalue weighted by Gasteiger charge is 2.46. The number of likely N-dealkylation sites (tertiary alicyclic amines) is 1. The highest BCUT2D eigenvalue weighted by atomic mass is 32.1. The van der Waals surface area contributed by atoms with E-state index in [0.29, 0.717) is 32.2 Å². The quantitative estimate of drug-likeness (QED) is 0.368. The monoisotopic (exact) mass is 525 g/mol. The Labute approximate surface area is 220 Å². The highest BCUT2D eigenvalue weighted by Crippen LogP contribution is 2.36. The van der Waals surface area contributed by atoms with Gasteiger partial charge in [0.25, 0.3) is 0 Å². The Bertz CT molecular complexity index is 1250. The third-order valence-electron chi connectivity index (χ3n) is 6.89. The van der Waals surface area contributed by atoms with E-state index in [1.807, 2.05) is 35.8 Å². The molecular weight excluding hydrogens is 490 g/mol. The zero-order valence-corrected chi connectivity index (χ0v) is 22.4. The lowest BCUT2D eigenvalue weighted by molar-refractivity contribution is -0.161. The Morgan fingerprint density at radius 1 is 1.32 bits per heavy atom. The Kier molecular flexibility index (Phi) is 7.99. The molecule has 0 aliphatic carbocycles. The smallest absolute Gasteiger partial charge is 0.314 e. The highest BCUT2D eigenvalue weighted by molar-refractivity contribution is 7.07. The van der Waals surface area contributed by atoms with Crippen molar-refractivity contribution in [2.24, 2.45) is 11.1 Å². The number of aromatic amines is 1. The number of hydrogen-bond donors (Lipinski definition) is 3. The van der Waals surface area contributed by atoms with Gasteiger partial charge in [0, 0.05) is 48.4 Å². The second-order valence-electron chi connectivity index (χ2n) is 10.3. The number of para-hydroxylation sites is 1. The first-order valence-corrected chi connectivity index (χ1v) is 13.5. The lowest BCUT2D eigenvalue weighted by atomic mass is 9.76. The zero-order valence-electron chi connectivity index (χ0n) is 21.6. The number of esters is 1. The lowest BCUT2D eigenvalue weighted by Crippen LogP contribution is -2.59. The number of benzene rings is 1. The van der Waals surface area contributed by atoms with Crippen LogP contribution >= 0.6 is 11.3 Å². The topological polar surface area (TPSA) is 130 Å². The van der Waals surface area contributed by atoms with Crippen molar-refractivity contribution in [1.82, 2.24) is 20.2 Å². The molecule has 1 saturated heterocycles. The van der Waals surface area contributed by atoms with Gasteiger partial charge in [-0.25, -0.2) is 4.98 Å². The fourth-order valence-corrected chi connectivity index (χ4v) is 5.50. The van der Waals surface area contributed by atoms with Gasteiger partial charge in [0.1, 0.15) is 6.04 Å². The van der Waals surface area contributed by atoms with Crippen LogP contribution in [-0.4, -0.2) is 63.9 Å². The van der Waals surface area contributed by atoms with E-state index in [0.717, 1.165) is 22.2 Å². The van der Waals surface area contributed by atoms with Crippen LogP contribution < -0.4 is 11.1 Å². The third-order valence-corrected chi connectivity index (χ3v) is 7.52. The molecule has 1 aliphatic rings. The number of nitrogens with two attached hydrogens (primary N) is 1. The molecule has 4 rings (SSSR count). The summed E-state index contributed by atoms with van der Waals surface area (Å²) in [6, 6.07) is 6.99. The maximum atomic E-state index is 14.0. The number of ether oxygens (including phenoxy) is 1. The number of fused-ring (bicyclic) bond motifs is 1. The predicted octanol–water partition coefficient (Wildman–Crippen LogP) is 2.80. The van der Waals surface area contributed by atoms with Crippen molar-refractivity contribution in [3.63, 3.8) is 0 Å². The van der Waals surface area contributed by atoms with E-state index in [1.54, 1.807) is 31.2 Å². The van der Waals surface area contributed by atoms with Crippen molar-refractivity contribution in [3.05, 3.63) is 52.6 Å². The van der Waals surface area contributed by atoms with Crippen molar-refractivity contribution in [2.45, 2.75) is 58.0 Å². The molecule has 2 atom stereocenters.